The van der Waals surface area contributed by atoms with E-state index in [-0.39, 0.29) is 23.5 Å². The number of amidine groups is 2. The van der Waals surface area contributed by atoms with Crippen molar-refractivity contribution in [3.63, 3.8) is 0 Å². The zero-order valence-corrected chi connectivity index (χ0v) is 26.4. The number of aliphatic imine (C=N–C) groups is 1. The lowest BCUT2D eigenvalue weighted by Gasteiger charge is -2.47. The fraction of sp³-hybridized carbons (Fsp3) is 0.536. The van der Waals surface area contributed by atoms with Crippen molar-refractivity contribution < 1.29 is 12.8 Å². The van der Waals surface area contributed by atoms with Crippen molar-refractivity contribution in [3.8, 4) is 0 Å². The molecule has 0 aliphatic carbocycles. The van der Waals surface area contributed by atoms with Gasteiger partial charge < -0.3 is 10.2 Å². The van der Waals surface area contributed by atoms with Crippen molar-refractivity contribution in [1.29, 1.82) is 0 Å². The van der Waals surface area contributed by atoms with E-state index in [4.69, 9.17) is 23.2 Å². The summed E-state index contributed by atoms with van der Waals surface area (Å²) in [6.07, 6.45) is 4.72. The van der Waals surface area contributed by atoms with Crippen LogP contribution < -0.4 is 14.9 Å². The highest BCUT2D eigenvalue weighted by Gasteiger charge is 2.34. The average molecular weight is 640 g/mol. The smallest absolute Gasteiger partial charge is 0.345 e. The fourth-order valence-corrected chi connectivity index (χ4v) is 7.12. The topological polar surface area (TPSA) is 106 Å². The Hall–Kier alpha value is -2.51. The lowest BCUT2D eigenvalue weighted by atomic mass is 9.97. The van der Waals surface area contributed by atoms with Crippen molar-refractivity contribution in [3.05, 3.63) is 51.9 Å². The second kappa shape index (κ2) is 13.0. The van der Waals surface area contributed by atoms with Crippen LogP contribution in [0.25, 0.3) is 0 Å². The Balaban J connectivity index is 1.19. The molecule has 2 aromatic rings. The summed E-state index contributed by atoms with van der Waals surface area (Å²) in [5.74, 6) is 0.730. The minimum absolute atomic E-state index is 0.110. The molecule has 1 aromatic heterocycles. The molecule has 0 spiro atoms. The standard InChI is InChI=1S/C28H37Cl2FN8O2S/c1-4-22-17-38(11-12-39(22)23-7-9-37(10-8-23)16-19-5-6-20(29)13-25(19)31)28-24(30)14-21(15-32-28)34-27-26(33-18(2)3)35-42(40,41)36-27/h5-6,13-15,18,22-23H,4,7-12,16-17H2,1-3H3,(H,33,35)(H,34,36)/t22-/m0/s1. The maximum Gasteiger partial charge on any atom is 0.345 e. The van der Waals surface area contributed by atoms with Crippen LogP contribution >= 0.6 is 23.2 Å². The quantitative estimate of drug-likeness (QED) is 0.458. The molecule has 1 aromatic carbocycles. The Labute approximate surface area is 257 Å². The van der Waals surface area contributed by atoms with Gasteiger partial charge in [0.25, 0.3) is 0 Å². The predicted molar refractivity (Wildman–Crippen MR) is 168 cm³/mol. The molecule has 10 nitrogen and oxygen atoms in total. The molecule has 2 N–H and O–H groups in total. The summed E-state index contributed by atoms with van der Waals surface area (Å²) in [5, 5.41) is 3.89. The third-order valence-electron chi connectivity index (χ3n) is 7.87. The van der Waals surface area contributed by atoms with E-state index in [2.05, 4.69) is 46.0 Å². The molecule has 2 saturated heterocycles. The Morgan fingerprint density at radius 1 is 1.17 bits per heavy atom. The van der Waals surface area contributed by atoms with Gasteiger partial charge >= 0.3 is 10.2 Å². The third kappa shape index (κ3) is 7.34. The molecule has 5 rings (SSSR count). The van der Waals surface area contributed by atoms with E-state index in [1.165, 1.54) is 6.07 Å². The number of likely N-dealkylation sites (tertiary alicyclic amines) is 1. The van der Waals surface area contributed by atoms with Gasteiger partial charge in [0.1, 0.15) is 11.6 Å². The van der Waals surface area contributed by atoms with Crippen LogP contribution in [0.15, 0.2) is 39.9 Å². The first-order chi connectivity index (χ1) is 20.0. The monoisotopic (exact) mass is 638 g/mol. The highest BCUT2D eigenvalue weighted by Crippen LogP contribution is 2.31. The molecule has 3 aliphatic heterocycles. The molecule has 0 saturated carbocycles. The molecular formula is C28H37Cl2FN8O2S. The number of halogens is 3. The van der Waals surface area contributed by atoms with Crippen LogP contribution in [-0.2, 0) is 16.8 Å². The second-order valence-electron chi connectivity index (χ2n) is 11.2. The van der Waals surface area contributed by atoms with Gasteiger partial charge in [-0.25, -0.2) is 14.1 Å². The molecule has 228 valence electrons. The first-order valence-corrected chi connectivity index (χ1v) is 16.5. The minimum atomic E-state index is -3.83. The van der Waals surface area contributed by atoms with Gasteiger partial charge in [-0.3, -0.25) is 14.8 Å². The highest BCUT2D eigenvalue weighted by atomic mass is 35.5. The Morgan fingerprint density at radius 2 is 1.93 bits per heavy atom. The van der Waals surface area contributed by atoms with E-state index in [1.54, 1.807) is 24.4 Å². The van der Waals surface area contributed by atoms with E-state index in [0.29, 0.717) is 45.7 Å². The largest absolute Gasteiger partial charge is 0.353 e. The van der Waals surface area contributed by atoms with Gasteiger partial charge in [0.15, 0.2) is 11.7 Å². The maximum absolute atomic E-state index is 14.3. The number of nitrogens with one attached hydrogen (secondary N) is 2. The summed E-state index contributed by atoms with van der Waals surface area (Å²) in [4.78, 5) is 16.1. The predicted octanol–water partition coefficient (Wildman–Crippen LogP) is 4.56. The van der Waals surface area contributed by atoms with Crippen LogP contribution in [0.2, 0.25) is 10.0 Å². The van der Waals surface area contributed by atoms with E-state index in [1.807, 2.05) is 13.8 Å². The van der Waals surface area contributed by atoms with Gasteiger partial charge in [-0.2, -0.15) is 8.42 Å². The lowest BCUT2D eigenvalue weighted by Crippen LogP contribution is -2.58. The molecule has 0 unspecified atom stereocenters. The molecule has 2 fully saturated rings. The van der Waals surface area contributed by atoms with Crippen LogP contribution in [0.3, 0.4) is 0 Å². The number of nitrogens with zero attached hydrogens (tertiary/aromatic N) is 6. The lowest BCUT2D eigenvalue weighted by molar-refractivity contribution is 0.0607. The molecule has 1 atom stereocenters. The number of piperazine rings is 1. The van der Waals surface area contributed by atoms with Crippen LogP contribution in [-0.4, -0.2) is 85.7 Å². The van der Waals surface area contributed by atoms with Gasteiger partial charge in [-0.05, 0) is 64.4 Å². The van der Waals surface area contributed by atoms with Crippen LogP contribution in [0, 0.1) is 5.82 Å². The Bertz CT molecular complexity index is 1460. The van der Waals surface area contributed by atoms with Crippen molar-refractivity contribution in [1.82, 2.24) is 19.5 Å². The Morgan fingerprint density at radius 3 is 2.60 bits per heavy atom. The summed E-state index contributed by atoms with van der Waals surface area (Å²) in [6.45, 7) is 10.9. The van der Waals surface area contributed by atoms with Gasteiger partial charge in [-0.15, -0.1) is 4.40 Å². The van der Waals surface area contributed by atoms with Crippen LogP contribution in [0.5, 0.6) is 0 Å². The third-order valence-corrected chi connectivity index (χ3v) is 9.25. The molecule has 3 aliphatic rings. The minimum Gasteiger partial charge on any atom is -0.353 e. The summed E-state index contributed by atoms with van der Waals surface area (Å²) >= 11 is 12.6. The van der Waals surface area contributed by atoms with E-state index in [0.717, 1.165) is 52.0 Å². The van der Waals surface area contributed by atoms with Gasteiger partial charge in [0.2, 0.25) is 0 Å². The zero-order valence-electron chi connectivity index (χ0n) is 24.0. The molecule has 42 heavy (non-hydrogen) atoms. The number of piperidine rings is 1. The van der Waals surface area contributed by atoms with E-state index < -0.39 is 10.2 Å². The highest BCUT2D eigenvalue weighted by molar-refractivity contribution is 7.89. The first kappa shape index (κ1) is 30.9. The number of aromatic nitrogens is 1. The second-order valence-corrected chi connectivity index (χ2v) is 13.4. The number of benzene rings is 1. The fourth-order valence-electron chi connectivity index (χ4n) is 5.86. The number of rotatable bonds is 7. The van der Waals surface area contributed by atoms with Crippen molar-refractivity contribution in [2.45, 2.75) is 64.7 Å². The molecule has 0 bridgehead atoms. The first-order valence-electron chi connectivity index (χ1n) is 14.3. The normalized spacial score (nSPS) is 22.9. The number of hydrogen-bond donors (Lipinski definition) is 2. The van der Waals surface area contributed by atoms with Crippen molar-refractivity contribution in [2.24, 2.45) is 9.39 Å². The van der Waals surface area contributed by atoms with Gasteiger partial charge in [0, 0.05) is 54.9 Å². The molecule has 0 radical (unpaired) electrons. The summed E-state index contributed by atoms with van der Waals surface area (Å²) in [5.41, 5.74) is 1.21. The average Bonchev–Trinajstić information content (AvgIpc) is 3.22. The SMILES string of the molecule is CC[C@H]1CN(c2ncc(NC3=NS(=O)(=O)NC3=NC(C)C)cc2Cl)CCN1C1CCN(Cc2ccc(Cl)cc2F)CC1. The number of hydrogen-bond acceptors (Lipinski definition) is 8. The molecular weight excluding hydrogens is 602 g/mol. The van der Waals surface area contributed by atoms with Crippen LogP contribution in [0.4, 0.5) is 15.9 Å². The van der Waals surface area contributed by atoms with E-state index >= 15 is 0 Å². The van der Waals surface area contributed by atoms with Crippen molar-refractivity contribution >= 4 is 56.6 Å². The van der Waals surface area contributed by atoms with Gasteiger partial charge in [-0.1, -0.05) is 36.2 Å². The van der Waals surface area contributed by atoms with Gasteiger partial charge in [0.05, 0.1) is 16.9 Å². The van der Waals surface area contributed by atoms with E-state index in [9.17, 15) is 12.8 Å². The number of anilines is 2. The van der Waals surface area contributed by atoms with Crippen LogP contribution in [0.1, 0.15) is 45.6 Å². The maximum atomic E-state index is 14.3. The molecule has 0 amide bonds. The molecule has 14 heteroatoms. The Kier molecular flexibility index (Phi) is 9.58. The summed E-state index contributed by atoms with van der Waals surface area (Å²) in [6, 6.07) is 7.37. The van der Waals surface area contributed by atoms with Crippen molar-refractivity contribution in [2.75, 3.05) is 42.9 Å². The summed E-state index contributed by atoms with van der Waals surface area (Å²) < 4.78 is 44.3. The number of pyridine rings is 1. The summed E-state index contributed by atoms with van der Waals surface area (Å²) in [7, 11) is -3.83. The zero-order chi connectivity index (χ0) is 30.0. The molecule has 4 heterocycles.